The van der Waals surface area contributed by atoms with Crippen LogP contribution in [-0.4, -0.2) is 59.1 Å². The molecule has 1 saturated carbocycles. The fourth-order valence-electron chi connectivity index (χ4n) is 2.75. The molecule has 1 fully saturated rings. The highest BCUT2D eigenvalue weighted by atomic mass is 16.3. The number of hydrogen-bond acceptors (Lipinski definition) is 4. The molecule has 1 aliphatic rings. The molecule has 5 heteroatoms. The van der Waals surface area contributed by atoms with Gasteiger partial charge in [-0.25, -0.2) is 0 Å². The third-order valence-electron chi connectivity index (χ3n) is 4.36. The molecule has 0 aromatic heterocycles. The lowest BCUT2D eigenvalue weighted by Gasteiger charge is -2.49. The predicted octanol–water partition coefficient (Wildman–Crippen LogP) is 1.65. The average Bonchev–Trinajstić information content (AvgIpc) is 2.35. The summed E-state index contributed by atoms with van der Waals surface area (Å²) in [6, 6.07) is 4.44. The summed E-state index contributed by atoms with van der Waals surface area (Å²) in [4.78, 5) is 16.2. The van der Waals surface area contributed by atoms with E-state index in [0.717, 1.165) is 12.8 Å². The zero-order chi connectivity index (χ0) is 14.9. The molecule has 1 aromatic rings. The van der Waals surface area contributed by atoms with Gasteiger partial charge < -0.3 is 20.0 Å². The second kappa shape index (κ2) is 5.32. The van der Waals surface area contributed by atoms with E-state index in [9.17, 15) is 15.0 Å². The number of carbonyl (C=O) groups is 1. The molecule has 0 bridgehead atoms. The molecular weight excluding hydrogens is 256 g/mol. The fourth-order valence-corrected chi connectivity index (χ4v) is 2.75. The van der Waals surface area contributed by atoms with E-state index in [1.54, 1.807) is 18.0 Å². The topological polar surface area (TPSA) is 64.0 Å². The smallest absolute Gasteiger partial charge is 0.257 e. The second-order valence-electron chi connectivity index (χ2n) is 5.81. The molecule has 0 saturated heterocycles. The van der Waals surface area contributed by atoms with Gasteiger partial charge in [-0.1, -0.05) is 6.07 Å². The van der Waals surface area contributed by atoms with Crippen LogP contribution in [0.15, 0.2) is 18.2 Å². The number of nitrogens with zero attached hydrogens (tertiary/aromatic N) is 2. The highest BCUT2D eigenvalue weighted by molar-refractivity contribution is 5.97. The summed E-state index contributed by atoms with van der Waals surface area (Å²) in [6.45, 7) is 0.619. The Kier molecular flexibility index (Phi) is 3.90. The summed E-state index contributed by atoms with van der Waals surface area (Å²) < 4.78 is 0. The number of hydrogen-bond donors (Lipinski definition) is 2. The second-order valence-corrected chi connectivity index (χ2v) is 5.81. The lowest BCUT2D eigenvalue weighted by atomic mass is 9.75. The third-order valence-corrected chi connectivity index (χ3v) is 4.36. The van der Waals surface area contributed by atoms with Gasteiger partial charge in [-0.15, -0.1) is 0 Å². The minimum absolute atomic E-state index is 0.0385. The summed E-state index contributed by atoms with van der Waals surface area (Å²) in [6.07, 6.45) is 3.32. The van der Waals surface area contributed by atoms with Gasteiger partial charge >= 0.3 is 0 Å². The molecular formula is C15H22N2O3. The van der Waals surface area contributed by atoms with E-state index in [1.165, 1.54) is 18.6 Å². The van der Waals surface area contributed by atoms with Crippen LogP contribution in [-0.2, 0) is 0 Å². The Labute approximate surface area is 119 Å². The van der Waals surface area contributed by atoms with Gasteiger partial charge in [0, 0.05) is 19.1 Å². The van der Waals surface area contributed by atoms with E-state index < -0.39 is 0 Å². The molecule has 20 heavy (non-hydrogen) atoms. The molecule has 1 aromatic carbocycles. The van der Waals surface area contributed by atoms with Crippen LogP contribution in [0.2, 0.25) is 0 Å². The van der Waals surface area contributed by atoms with Crippen LogP contribution in [0.5, 0.6) is 11.5 Å². The van der Waals surface area contributed by atoms with Crippen molar-refractivity contribution in [3.8, 4) is 11.5 Å². The molecule has 2 N–H and O–H groups in total. The van der Waals surface area contributed by atoms with Crippen LogP contribution in [0.1, 0.15) is 29.6 Å². The number of benzene rings is 1. The van der Waals surface area contributed by atoms with Gasteiger partial charge in [0.05, 0.1) is 5.56 Å². The first kappa shape index (κ1) is 14.7. The van der Waals surface area contributed by atoms with Gasteiger partial charge in [-0.2, -0.15) is 0 Å². The standard InChI is InChI=1S/C15H22N2O3/c1-16(2)15(8-5-9-15)10-17(3)14(20)11-6-4-7-12(18)13(11)19/h4,6-7,18-19H,5,8-10H2,1-3H3. The number of phenols is 2. The van der Waals surface area contributed by atoms with Crippen molar-refractivity contribution in [3.05, 3.63) is 23.8 Å². The number of para-hydroxylation sites is 1. The monoisotopic (exact) mass is 278 g/mol. The lowest BCUT2D eigenvalue weighted by molar-refractivity contribution is 0.0251. The van der Waals surface area contributed by atoms with Crippen molar-refractivity contribution in [2.45, 2.75) is 24.8 Å². The van der Waals surface area contributed by atoms with Crippen molar-refractivity contribution in [2.24, 2.45) is 0 Å². The predicted molar refractivity (Wildman–Crippen MR) is 77.0 cm³/mol. The summed E-state index contributed by atoms with van der Waals surface area (Å²) >= 11 is 0. The first-order chi connectivity index (χ1) is 9.37. The third kappa shape index (κ3) is 2.45. The van der Waals surface area contributed by atoms with Crippen molar-refractivity contribution in [1.29, 1.82) is 0 Å². The maximum Gasteiger partial charge on any atom is 0.257 e. The minimum Gasteiger partial charge on any atom is -0.504 e. The van der Waals surface area contributed by atoms with Gasteiger partial charge in [0.1, 0.15) is 0 Å². The largest absolute Gasteiger partial charge is 0.504 e. The Morgan fingerprint density at radius 1 is 1.25 bits per heavy atom. The molecule has 0 atom stereocenters. The van der Waals surface area contributed by atoms with Crippen LogP contribution >= 0.6 is 0 Å². The highest BCUT2D eigenvalue weighted by Gasteiger charge is 2.40. The average molecular weight is 278 g/mol. The van der Waals surface area contributed by atoms with Crippen LogP contribution in [0, 0.1) is 0 Å². The Morgan fingerprint density at radius 3 is 2.40 bits per heavy atom. The first-order valence-electron chi connectivity index (χ1n) is 6.81. The Hall–Kier alpha value is -1.75. The molecule has 2 rings (SSSR count). The van der Waals surface area contributed by atoms with Crippen molar-refractivity contribution in [1.82, 2.24) is 9.80 Å². The SMILES string of the molecule is CN(CC1(N(C)C)CCC1)C(=O)c1cccc(O)c1O. The summed E-state index contributed by atoms with van der Waals surface area (Å²) in [7, 11) is 5.79. The number of rotatable bonds is 4. The minimum atomic E-state index is -0.350. The van der Waals surface area contributed by atoms with E-state index in [4.69, 9.17) is 0 Å². The number of aromatic hydroxyl groups is 2. The zero-order valence-corrected chi connectivity index (χ0v) is 12.3. The molecule has 0 radical (unpaired) electrons. The van der Waals surface area contributed by atoms with E-state index >= 15 is 0 Å². The summed E-state index contributed by atoms with van der Waals surface area (Å²) in [5, 5.41) is 19.3. The number of carbonyl (C=O) groups excluding carboxylic acids is 1. The van der Waals surface area contributed by atoms with Gasteiger partial charge in [0.2, 0.25) is 0 Å². The van der Waals surface area contributed by atoms with Crippen molar-refractivity contribution in [2.75, 3.05) is 27.7 Å². The first-order valence-corrected chi connectivity index (χ1v) is 6.81. The molecule has 5 nitrogen and oxygen atoms in total. The molecule has 1 amide bonds. The molecule has 110 valence electrons. The number of phenolic OH excluding ortho intramolecular Hbond substituents is 2. The molecule has 0 spiro atoms. The van der Waals surface area contributed by atoms with Crippen LogP contribution in [0.4, 0.5) is 0 Å². The highest BCUT2D eigenvalue weighted by Crippen LogP contribution is 2.37. The Balaban J connectivity index is 2.15. The maximum absolute atomic E-state index is 12.4. The normalized spacial score (nSPS) is 16.8. The van der Waals surface area contributed by atoms with Crippen molar-refractivity contribution >= 4 is 5.91 Å². The van der Waals surface area contributed by atoms with Gasteiger partial charge in [-0.3, -0.25) is 4.79 Å². The Morgan fingerprint density at radius 2 is 1.90 bits per heavy atom. The lowest BCUT2D eigenvalue weighted by Crippen LogP contribution is -2.57. The summed E-state index contributed by atoms with van der Waals surface area (Å²) in [5.74, 6) is -0.890. The molecule has 1 aliphatic carbocycles. The molecule has 0 unspecified atom stereocenters. The van der Waals surface area contributed by atoms with Crippen LogP contribution in [0.25, 0.3) is 0 Å². The molecule has 0 heterocycles. The van der Waals surface area contributed by atoms with Gasteiger partial charge in [0.15, 0.2) is 11.5 Å². The zero-order valence-electron chi connectivity index (χ0n) is 12.3. The van der Waals surface area contributed by atoms with E-state index in [0.29, 0.717) is 6.54 Å². The van der Waals surface area contributed by atoms with Crippen LogP contribution < -0.4 is 0 Å². The van der Waals surface area contributed by atoms with Gasteiger partial charge in [0.25, 0.3) is 5.91 Å². The van der Waals surface area contributed by atoms with Crippen molar-refractivity contribution < 1.29 is 15.0 Å². The quantitative estimate of drug-likeness (QED) is 0.822. The number of amides is 1. The maximum atomic E-state index is 12.4. The van der Waals surface area contributed by atoms with E-state index in [2.05, 4.69) is 4.90 Å². The van der Waals surface area contributed by atoms with E-state index in [1.807, 2.05) is 14.1 Å². The van der Waals surface area contributed by atoms with Crippen molar-refractivity contribution in [3.63, 3.8) is 0 Å². The fraction of sp³-hybridized carbons (Fsp3) is 0.533. The molecule has 0 aliphatic heterocycles. The van der Waals surface area contributed by atoms with Crippen LogP contribution in [0.3, 0.4) is 0 Å². The number of likely N-dealkylation sites (N-methyl/N-ethyl adjacent to an activating group) is 2. The Bertz CT molecular complexity index is 510. The van der Waals surface area contributed by atoms with E-state index in [-0.39, 0.29) is 28.5 Å². The summed E-state index contributed by atoms with van der Waals surface area (Å²) in [5.41, 5.74) is 0.178. The van der Waals surface area contributed by atoms with Gasteiger partial charge in [-0.05, 0) is 45.5 Å².